The van der Waals surface area contributed by atoms with E-state index in [-0.39, 0.29) is 5.91 Å². The molecule has 1 aliphatic rings. The second-order valence-electron chi connectivity index (χ2n) is 5.04. The van der Waals surface area contributed by atoms with Gasteiger partial charge in [-0.15, -0.1) is 6.42 Å². The summed E-state index contributed by atoms with van der Waals surface area (Å²) in [5.41, 5.74) is 1.04. The van der Waals surface area contributed by atoms with Crippen molar-refractivity contribution in [1.82, 2.24) is 5.32 Å². The molecule has 0 aromatic heterocycles. The molecule has 22 heavy (non-hydrogen) atoms. The standard InChI is InChI=1S/C18H15NO3/c1-4-5-6-7-8-17(20)19-12-11-14-9-10-15-16(13-14)22-18(2,3)21-15/h1,9-10,13H,11-12H2,2-3H3,(H,19,20). The number of hydrogen-bond acceptors (Lipinski definition) is 3. The molecule has 4 nitrogen and oxygen atoms in total. The summed E-state index contributed by atoms with van der Waals surface area (Å²) in [6.45, 7) is 4.18. The van der Waals surface area contributed by atoms with E-state index in [1.54, 1.807) is 0 Å². The molecule has 0 unspecified atom stereocenters. The van der Waals surface area contributed by atoms with Crippen LogP contribution < -0.4 is 14.8 Å². The Labute approximate surface area is 130 Å². The zero-order chi connectivity index (χ0) is 16.0. The van der Waals surface area contributed by atoms with Crippen LogP contribution in [0.25, 0.3) is 0 Å². The van der Waals surface area contributed by atoms with Crippen molar-refractivity contribution in [3.8, 4) is 47.5 Å². The molecular weight excluding hydrogens is 278 g/mol. The number of carbonyl (C=O) groups is 1. The smallest absolute Gasteiger partial charge is 0.296 e. The maximum Gasteiger partial charge on any atom is 0.296 e. The van der Waals surface area contributed by atoms with Crippen LogP contribution in [0, 0.1) is 36.0 Å². The molecule has 0 radical (unpaired) electrons. The van der Waals surface area contributed by atoms with E-state index in [4.69, 9.17) is 15.9 Å². The Morgan fingerprint density at radius 3 is 2.77 bits per heavy atom. The van der Waals surface area contributed by atoms with E-state index in [0.717, 1.165) is 17.1 Å². The summed E-state index contributed by atoms with van der Waals surface area (Å²) in [5.74, 6) is 12.0. The number of benzene rings is 1. The average Bonchev–Trinajstić information content (AvgIpc) is 2.77. The highest BCUT2D eigenvalue weighted by Crippen LogP contribution is 2.39. The summed E-state index contributed by atoms with van der Waals surface area (Å²) in [4.78, 5) is 11.4. The third-order valence-corrected chi connectivity index (χ3v) is 2.79. The van der Waals surface area contributed by atoms with Crippen LogP contribution in [0.1, 0.15) is 19.4 Å². The van der Waals surface area contributed by atoms with Gasteiger partial charge < -0.3 is 14.8 Å². The lowest BCUT2D eigenvalue weighted by Crippen LogP contribution is -2.29. The van der Waals surface area contributed by atoms with Gasteiger partial charge in [-0.25, -0.2) is 0 Å². The second kappa shape index (κ2) is 6.61. The molecule has 0 spiro atoms. The van der Waals surface area contributed by atoms with E-state index in [2.05, 4.69) is 34.9 Å². The Balaban J connectivity index is 1.85. The van der Waals surface area contributed by atoms with E-state index in [1.165, 1.54) is 0 Å². The molecule has 4 heteroatoms. The van der Waals surface area contributed by atoms with Crippen LogP contribution in [0.15, 0.2) is 18.2 Å². The van der Waals surface area contributed by atoms with Gasteiger partial charge in [0.25, 0.3) is 5.91 Å². The Kier molecular flexibility index (Phi) is 4.62. The molecule has 0 saturated carbocycles. The minimum absolute atomic E-state index is 0.381. The largest absolute Gasteiger partial charge is 0.449 e. The molecule has 0 aliphatic carbocycles. The number of fused-ring (bicyclic) bond motifs is 1. The van der Waals surface area contributed by atoms with Gasteiger partial charge in [-0.3, -0.25) is 4.79 Å². The summed E-state index contributed by atoms with van der Waals surface area (Å²) in [6.07, 6.45) is 5.60. The third-order valence-electron chi connectivity index (χ3n) is 2.79. The lowest BCUT2D eigenvalue weighted by Gasteiger charge is -2.16. The number of ether oxygens (including phenoxy) is 2. The fourth-order valence-corrected chi connectivity index (χ4v) is 1.94. The zero-order valence-electron chi connectivity index (χ0n) is 12.4. The van der Waals surface area contributed by atoms with Crippen molar-refractivity contribution in [2.75, 3.05) is 6.54 Å². The number of carbonyl (C=O) groups excluding carboxylic acids is 1. The van der Waals surface area contributed by atoms with E-state index in [9.17, 15) is 4.79 Å². The van der Waals surface area contributed by atoms with Gasteiger partial charge in [0.05, 0.1) is 0 Å². The first-order valence-corrected chi connectivity index (χ1v) is 6.75. The van der Waals surface area contributed by atoms with E-state index in [0.29, 0.717) is 13.0 Å². The number of rotatable bonds is 3. The Hall–Kier alpha value is -3.03. The van der Waals surface area contributed by atoms with Crippen molar-refractivity contribution in [3.05, 3.63) is 23.8 Å². The van der Waals surface area contributed by atoms with Crippen molar-refractivity contribution in [1.29, 1.82) is 0 Å². The highest BCUT2D eigenvalue weighted by Gasteiger charge is 2.31. The fraction of sp³-hybridized carbons (Fsp3) is 0.278. The molecule has 1 heterocycles. The van der Waals surface area contributed by atoms with Crippen molar-refractivity contribution in [3.63, 3.8) is 0 Å². The normalized spacial score (nSPS) is 13.0. The first-order valence-electron chi connectivity index (χ1n) is 6.75. The SMILES string of the molecule is C#CC#CC#CC(=O)NCCc1ccc2c(c1)OC(C)(C)O2. The number of amides is 1. The average molecular weight is 293 g/mol. The third kappa shape index (κ3) is 4.23. The van der Waals surface area contributed by atoms with Crippen LogP contribution in [0.2, 0.25) is 0 Å². The zero-order valence-corrected chi connectivity index (χ0v) is 12.4. The quantitative estimate of drug-likeness (QED) is 0.859. The van der Waals surface area contributed by atoms with Crippen LogP contribution in [0.4, 0.5) is 0 Å². The predicted octanol–water partition coefficient (Wildman–Crippen LogP) is 1.49. The molecule has 1 amide bonds. The molecule has 0 saturated heterocycles. The number of terminal acetylenes is 1. The Bertz CT molecular complexity index is 748. The first-order chi connectivity index (χ1) is 10.5. The van der Waals surface area contributed by atoms with Gasteiger partial charge >= 0.3 is 0 Å². The van der Waals surface area contributed by atoms with Crippen molar-refractivity contribution in [2.24, 2.45) is 0 Å². The summed E-state index contributed by atoms with van der Waals surface area (Å²) in [7, 11) is 0. The number of hydrogen-bond donors (Lipinski definition) is 1. The van der Waals surface area contributed by atoms with Gasteiger partial charge in [0.1, 0.15) is 0 Å². The maximum absolute atomic E-state index is 11.4. The summed E-state index contributed by atoms with van der Waals surface area (Å²) in [5, 5.41) is 2.69. The first kappa shape index (κ1) is 15.4. The van der Waals surface area contributed by atoms with Crippen LogP contribution in [-0.4, -0.2) is 18.2 Å². The van der Waals surface area contributed by atoms with Gasteiger partial charge in [0, 0.05) is 26.3 Å². The maximum atomic E-state index is 11.4. The summed E-state index contributed by atoms with van der Waals surface area (Å²) >= 11 is 0. The molecular formula is C18H15NO3. The highest BCUT2D eigenvalue weighted by atomic mass is 16.7. The molecule has 1 aromatic rings. The van der Waals surface area contributed by atoms with E-state index in [1.807, 2.05) is 32.0 Å². The van der Waals surface area contributed by atoms with Gasteiger partial charge in [-0.2, -0.15) is 0 Å². The second-order valence-corrected chi connectivity index (χ2v) is 5.04. The molecule has 110 valence electrons. The van der Waals surface area contributed by atoms with Crippen molar-refractivity contribution in [2.45, 2.75) is 26.1 Å². The summed E-state index contributed by atoms with van der Waals surface area (Å²) < 4.78 is 11.3. The monoisotopic (exact) mass is 293 g/mol. The van der Waals surface area contributed by atoms with Crippen LogP contribution >= 0.6 is 0 Å². The molecule has 1 aromatic carbocycles. The predicted molar refractivity (Wildman–Crippen MR) is 82.9 cm³/mol. The van der Waals surface area contributed by atoms with Crippen LogP contribution in [0.5, 0.6) is 11.5 Å². The topological polar surface area (TPSA) is 47.6 Å². The van der Waals surface area contributed by atoms with Crippen molar-refractivity contribution < 1.29 is 14.3 Å². The molecule has 1 aliphatic heterocycles. The number of nitrogens with one attached hydrogen (secondary N) is 1. The molecule has 0 fully saturated rings. The highest BCUT2D eigenvalue weighted by molar-refractivity contribution is 5.94. The van der Waals surface area contributed by atoms with E-state index < -0.39 is 5.79 Å². The molecule has 2 rings (SSSR count). The Morgan fingerprint density at radius 2 is 2.00 bits per heavy atom. The van der Waals surface area contributed by atoms with Crippen molar-refractivity contribution >= 4 is 5.91 Å². The molecule has 0 atom stereocenters. The lowest BCUT2D eigenvalue weighted by molar-refractivity contribution is -0.115. The minimum atomic E-state index is -0.635. The van der Waals surface area contributed by atoms with Gasteiger partial charge in [0.15, 0.2) is 11.5 Å². The Morgan fingerprint density at radius 1 is 1.23 bits per heavy atom. The fourth-order valence-electron chi connectivity index (χ4n) is 1.94. The molecule has 0 bridgehead atoms. The van der Waals surface area contributed by atoms with Crippen LogP contribution in [-0.2, 0) is 11.2 Å². The molecule has 1 N–H and O–H groups in total. The minimum Gasteiger partial charge on any atom is -0.449 e. The van der Waals surface area contributed by atoms with Crippen LogP contribution in [0.3, 0.4) is 0 Å². The van der Waals surface area contributed by atoms with Gasteiger partial charge in [0.2, 0.25) is 5.79 Å². The lowest BCUT2D eigenvalue weighted by atomic mass is 10.1. The van der Waals surface area contributed by atoms with Gasteiger partial charge in [-0.1, -0.05) is 6.07 Å². The summed E-state index contributed by atoms with van der Waals surface area (Å²) in [6, 6.07) is 5.73. The van der Waals surface area contributed by atoms with E-state index >= 15 is 0 Å². The van der Waals surface area contributed by atoms with Gasteiger partial charge in [-0.05, 0) is 47.8 Å².